The number of nitrogens with zero attached hydrogens (tertiary/aromatic N) is 2. The second kappa shape index (κ2) is 16.9. The smallest absolute Gasteiger partial charge is 0.389 e. The minimum Gasteiger partial charge on any atom is -0.490 e. The average molecular weight is 695 g/mol. The topological polar surface area (TPSA) is 139 Å². The molecule has 2 aliphatic heterocycles. The predicted molar refractivity (Wildman–Crippen MR) is 175 cm³/mol. The van der Waals surface area contributed by atoms with Gasteiger partial charge in [-0.2, -0.15) is 13.2 Å². The molecule has 3 N–H and O–H groups in total. The zero-order valence-electron chi connectivity index (χ0n) is 28.2. The molecule has 12 nitrogen and oxygen atoms in total. The molecule has 4 amide bonds. The lowest BCUT2D eigenvalue weighted by molar-refractivity contribution is -0.149. The Kier molecular flexibility index (Phi) is 13.0. The van der Waals surface area contributed by atoms with Gasteiger partial charge < -0.3 is 44.5 Å². The van der Waals surface area contributed by atoms with E-state index in [4.69, 9.17) is 18.9 Å². The first-order valence-electron chi connectivity index (χ1n) is 16.4. The zero-order chi connectivity index (χ0) is 35.7. The number of carbonyl (C=O) groups is 3. The van der Waals surface area contributed by atoms with Gasteiger partial charge in [-0.05, 0) is 63.4 Å². The molecule has 270 valence electrons. The fourth-order valence-corrected chi connectivity index (χ4v) is 5.54. The summed E-state index contributed by atoms with van der Waals surface area (Å²) in [7, 11) is 1.44. The number of benzene rings is 2. The van der Waals surface area contributed by atoms with Gasteiger partial charge in [0.05, 0.1) is 36.8 Å². The number of rotatable bonds is 8. The Hall–Kier alpha value is -4.24. The Labute approximate surface area is 283 Å². The van der Waals surface area contributed by atoms with Crippen LogP contribution in [0.15, 0.2) is 36.4 Å². The number of amides is 4. The molecule has 0 aromatic heterocycles. The van der Waals surface area contributed by atoms with E-state index in [0.29, 0.717) is 48.1 Å². The van der Waals surface area contributed by atoms with Crippen LogP contribution in [0.2, 0.25) is 0 Å². The molecule has 0 spiro atoms. The van der Waals surface area contributed by atoms with Crippen LogP contribution in [-0.4, -0.2) is 97.3 Å². The van der Waals surface area contributed by atoms with E-state index in [1.807, 2.05) is 13.8 Å². The summed E-state index contributed by atoms with van der Waals surface area (Å²) in [6.07, 6.45) is -5.18. The van der Waals surface area contributed by atoms with Crippen molar-refractivity contribution in [1.29, 1.82) is 0 Å². The number of fused-ring (bicyclic) bond motifs is 2. The van der Waals surface area contributed by atoms with Gasteiger partial charge in [-0.3, -0.25) is 9.59 Å². The Balaban J connectivity index is 1.56. The molecule has 49 heavy (non-hydrogen) atoms. The van der Waals surface area contributed by atoms with Crippen LogP contribution < -0.4 is 24.8 Å². The Morgan fingerprint density at radius 2 is 1.71 bits per heavy atom. The third-order valence-electron chi connectivity index (χ3n) is 8.44. The Morgan fingerprint density at radius 1 is 1.04 bits per heavy atom. The van der Waals surface area contributed by atoms with Gasteiger partial charge in [0.2, 0.25) is 12.7 Å². The van der Waals surface area contributed by atoms with Crippen LogP contribution in [0.25, 0.3) is 0 Å². The van der Waals surface area contributed by atoms with Gasteiger partial charge >= 0.3 is 12.2 Å². The van der Waals surface area contributed by atoms with Gasteiger partial charge in [0.25, 0.3) is 5.91 Å². The van der Waals surface area contributed by atoms with E-state index in [1.54, 1.807) is 37.3 Å². The van der Waals surface area contributed by atoms with Gasteiger partial charge in [0.1, 0.15) is 5.75 Å². The fourth-order valence-electron chi connectivity index (χ4n) is 5.54. The monoisotopic (exact) mass is 694 g/mol. The van der Waals surface area contributed by atoms with Crippen LogP contribution in [-0.2, 0) is 9.53 Å². The summed E-state index contributed by atoms with van der Waals surface area (Å²) < 4.78 is 61.3. The number of aliphatic hydroxyl groups is 1. The average Bonchev–Trinajstić information content (AvgIpc) is 3.52. The number of likely N-dealkylation sites (N-methyl/N-ethyl adjacent to an activating group) is 1. The second-order valence-electron chi connectivity index (χ2n) is 12.5. The third-order valence-corrected chi connectivity index (χ3v) is 8.44. The number of hydrogen-bond acceptors (Lipinski definition) is 8. The van der Waals surface area contributed by atoms with Crippen molar-refractivity contribution >= 4 is 29.2 Å². The summed E-state index contributed by atoms with van der Waals surface area (Å²) in [4.78, 5) is 42.5. The maximum Gasteiger partial charge on any atom is 0.389 e. The largest absolute Gasteiger partial charge is 0.490 e. The molecule has 0 aliphatic carbocycles. The summed E-state index contributed by atoms with van der Waals surface area (Å²) in [5, 5.41) is 15.6. The van der Waals surface area contributed by atoms with E-state index in [-0.39, 0.29) is 38.2 Å². The van der Waals surface area contributed by atoms with Gasteiger partial charge in [-0.1, -0.05) is 6.92 Å². The van der Waals surface area contributed by atoms with E-state index in [1.165, 1.54) is 22.9 Å². The molecule has 0 fully saturated rings. The van der Waals surface area contributed by atoms with Crippen molar-refractivity contribution in [2.24, 2.45) is 5.92 Å². The maximum absolute atomic E-state index is 14.3. The first kappa shape index (κ1) is 37.6. The van der Waals surface area contributed by atoms with Crippen LogP contribution in [0.5, 0.6) is 17.2 Å². The summed E-state index contributed by atoms with van der Waals surface area (Å²) >= 11 is 0. The lowest BCUT2D eigenvalue weighted by atomic mass is 10.0. The number of aliphatic hydroxyl groups excluding tert-OH is 1. The number of halogens is 3. The highest BCUT2D eigenvalue weighted by atomic mass is 19.4. The van der Waals surface area contributed by atoms with Crippen molar-refractivity contribution in [3.8, 4) is 17.2 Å². The van der Waals surface area contributed by atoms with Crippen molar-refractivity contribution in [1.82, 2.24) is 9.80 Å². The summed E-state index contributed by atoms with van der Waals surface area (Å²) in [6.45, 7) is 5.58. The van der Waals surface area contributed by atoms with Gasteiger partial charge in [0, 0.05) is 56.5 Å². The predicted octanol–water partition coefficient (Wildman–Crippen LogP) is 5.66. The van der Waals surface area contributed by atoms with Gasteiger partial charge in [-0.15, -0.1) is 0 Å². The van der Waals surface area contributed by atoms with Gasteiger partial charge in [-0.25, -0.2) is 4.79 Å². The number of ether oxygens (including phenoxy) is 4. The van der Waals surface area contributed by atoms with E-state index in [2.05, 4.69) is 10.6 Å². The molecule has 2 aromatic carbocycles. The molecule has 2 aromatic rings. The molecule has 0 saturated heterocycles. The summed E-state index contributed by atoms with van der Waals surface area (Å²) in [6, 6.07) is 8.51. The van der Waals surface area contributed by atoms with Crippen LogP contribution >= 0.6 is 0 Å². The van der Waals surface area contributed by atoms with Crippen molar-refractivity contribution in [2.45, 2.75) is 77.3 Å². The zero-order valence-corrected chi connectivity index (χ0v) is 28.2. The SMILES string of the molecule is C[C@@H]1CCCCO[C@H](CN(C)C(=O)CCC(F)(F)F)[C@@H](C)CN([C@H](C)CO)C(=O)c2cc(NC(=O)Nc3ccc4c(c3)OCO4)ccc2O1. The second-order valence-corrected chi connectivity index (χ2v) is 12.5. The molecule has 4 rings (SSSR count). The molecule has 0 unspecified atom stereocenters. The number of nitrogens with one attached hydrogen (secondary N) is 2. The number of carbonyl (C=O) groups excluding carboxylic acids is 3. The lowest BCUT2D eigenvalue weighted by Crippen LogP contribution is -2.48. The van der Waals surface area contributed by atoms with Crippen LogP contribution in [0.4, 0.5) is 29.3 Å². The molecule has 0 saturated carbocycles. The molecule has 4 atom stereocenters. The first-order valence-corrected chi connectivity index (χ1v) is 16.4. The van der Waals surface area contributed by atoms with Crippen molar-refractivity contribution in [2.75, 3.05) is 50.8 Å². The van der Waals surface area contributed by atoms with Crippen LogP contribution in [0.1, 0.15) is 63.2 Å². The molecule has 0 bridgehead atoms. The van der Waals surface area contributed by atoms with Crippen LogP contribution in [0.3, 0.4) is 0 Å². The molecule has 2 aliphatic rings. The molecule has 15 heteroatoms. The van der Waals surface area contributed by atoms with Crippen molar-refractivity contribution in [3.63, 3.8) is 0 Å². The number of alkyl halides is 3. The quantitative estimate of drug-likeness (QED) is 0.322. The van der Waals surface area contributed by atoms with Crippen molar-refractivity contribution in [3.05, 3.63) is 42.0 Å². The number of hydrogen-bond donors (Lipinski definition) is 3. The van der Waals surface area contributed by atoms with Gasteiger partial charge in [0.15, 0.2) is 11.5 Å². The summed E-state index contributed by atoms with van der Waals surface area (Å²) in [5.41, 5.74) is 0.941. The van der Waals surface area contributed by atoms with E-state index < -0.39 is 54.9 Å². The van der Waals surface area contributed by atoms with E-state index in [0.717, 1.165) is 6.42 Å². The standard InChI is InChI=1S/C34H45F3N4O8/c1-21-17-41(22(2)19-42)32(44)26-15-24(38-33(45)39-25-9-11-28-29(16-25)48-20-47-28)8-10-27(26)49-23(3)7-5-6-14-46-30(21)18-40(4)31(43)12-13-34(35,36)37/h8-11,15-16,21-23,30,42H,5-7,12-14,17-20H2,1-4H3,(H2,38,39,45)/t21-,22+,23+,30+/m0/s1. The third kappa shape index (κ3) is 10.9. The molecular formula is C34H45F3N4O8. The lowest BCUT2D eigenvalue weighted by Gasteiger charge is -2.36. The fraction of sp³-hybridized carbons (Fsp3) is 0.559. The molecular weight excluding hydrogens is 649 g/mol. The first-order chi connectivity index (χ1) is 23.2. The Bertz CT molecular complexity index is 1460. The van der Waals surface area contributed by atoms with E-state index in [9.17, 15) is 32.7 Å². The minimum atomic E-state index is -4.45. The number of urea groups is 1. The van der Waals surface area contributed by atoms with Crippen LogP contribution in [0, 0.1) is 5.92 Å². The summed E-state index contributed by atoms with van der Waals surface area (Å²) in [5.74, 6) is -0.147. The highest BCUT2D eigenvalue weighted by Crippen LogP contribution is 2.34. The Morgan fingerprint density at radius 3 is 2.41 bits per heavy atom. The number of anilines is 2. The van der Waals surface area contributed by atoms with Crippen molar-refractivity contribution < 1.29 is 51.6 Å². The molecule has 0 radical (unpaired) electrons. The highest BCUT2D eigenvalue weighted by Gasteiger charge is 2.32. The van der Waals surface area contributed by atoms with E-state index >= 15 is 0 Å². The minimum absolute atomic E-state index is 0.0239. The normalized spacial score (nSPS) is 20.8. The maximum atomic E-state index is 14.3. The molecule has 2 heterocycles. The highest BCUT2D eigenvalue weighted by molar-refractivity contribution is 6.02.